The van der Waals surface area contributed by atoms with Gasteiger partial charge in [-0.25, -0.2) is 4.57 Å². The molecule has 39 heavy (non-hydrogen) atoms. The summed E-state index contributed by atoms with van der Waals surface area (Å²) in [6, 6.07) is 31.6. The van der Waals surface area contributed by atoms with Crippen LogP contribution in [-0.4, -0.2) is 12.5 Å². The van der Waals surface area contributed by atoms with Crippen LogP contribution < -0.4 is 9.75 Å². The van der Waals surface area contributed by atoms with Crippen molar-refractivity contribution in [2.75, 3.05) is 0 Å². The third kappa shape index (κ3) is 3.17. The predicted octanol–water partition coefficient (Wildman–Crippen LogP) is 8.81. The monoisotopic (exact) mass is 525 g/mol. The second-order valence-electron chi connectivity index (χ2n) is 11.6. The van der Waals surface area contributed by atoms with Gasteiger partial charge in [-0.1, -0.05) is 98.7 Å². The van der Waals surface area contributed by atoms with Crippen LogP contribution in [0.4, 0.5) is 0 Å². The lowest BCUT2D eigenvalue weighted by Gasteiger charge is -2.29. The summed E-state index contributed by atoms with van der Waals surface area (Å²) in [5, 5.41) is 8.46. The molecule has 194 valence electrons. The highest BCUT2D eigenvalue weighted by molar-refractivity contribution is 6.92. The molecule has 3 aromatic heterocycles. The van der Waals surface area contributed by atoms with E-state index in [4.69, 9.17) is 0 Å². The molecule has 0 fully saturated rings. The summed E-state index contributed by atoms with van der Waals surface area (Å²) in [5.74, 6) is 0. The zero-order chi connectivity index (χ0) is 27.1. The van der Waals surface area contributed by atoms with Crippen LogP contribution >= 0.6 is 0 Å². The van der Waals surface area contributed by atoms with Crippen LogP contribution in [0.15, 0.2) is 79.0 Å². The number of rotatable bonds is 5. The largest absolute Gasteiger partial charge is 0.307 e. The molecule has 0 aliphatic rings. The van der Waals surface area contributed by atoms with E-state index in [0.717, 1.165) is 0 Å². The molecule has 0 spiro atoms. The van der Waals surface area contributed by atoms with Crippen LogP contribution in [0.1, 0.15) is 31.9 Å². The highest BCUT2D eigenvalue weighted by Crippen LogP contribution is 2.44. The predicted molar refractivity (Wildman–Crippen MR) is 172 cm³/mol. The molecule has 0 unspecified atom stereocenters. The third-order valence-electron chi connectivity index (χ3n) is 10.0. The second-order valence-corrected chi connectivity index (χ2v) is 16.8. The molecule has 0 amide bonds. The van der Waals surface area contributed by atoms with Gasteiger partial charge in [0.2, 0.25) is 5.52 Å². The lowest BCUT2D eigenvalue weighted by molar-refractivity contribution is -0.643. The van der Waals surface area contributed by atoms with Crippen LogP contribution in [0.2, 0.25) is 18.1 Å². The molecular weight excluding hydrogens is 488 g/mol. The van der Waals surface area contributed by atoms with Gasteiger partial charge in [-0.2, -0.15) is 0 Å². The van der Waals surface area contributed by atoms with Crippen molar-refractivity contribution in [1.29, 1.82) is 0 Å². The van der Waals surface area contributed by atoms with Gasteiger partial charge in [0.15, 0.2) is 6.20 Å². The van der Waals surface area contributed by atoms with E-state index in [2.05, 4.69) is 130 Å². The Balaban J connectivity index is 1.84. The van der Waals surface area contributed by atoms with E-state index in [-0.39, 0.29) is 0 Å². The number of aryl methyl sites for hydroxylation is 3. The van der Waals surface area contributed by atoms with E-state index in [1.165, 1.54) is 89.4 Å². The first-order valence-corrected chi connectivity index (χ1v) is 17.2. The zero-order valence-corrected chi connectivity index (χ0v) is 25.0. The van der Waals surface area contributed by atoms with Crippen molar-refractivity contribution in [3.63, 3.8) is 0 Å². The molecule has 0 saturated heterocycles. The fourth-order valence-electron chi connectivity index (χ4n) is 7.46. The molecule has 7 rings (SSSR count). The maximum Gasteiger partial charge on any atom is 0.224 e. The Bertz CT molecular complexity index is 2040. The summed E-state index contributed by atoms with van der Waals surface area (Å²) in [4.78, 5) is 0. The minimum Gasteiger partial charge on any atom is -0.307 e. The van der Waals surface area contributed by atoms with Gasteiger partial charge in [0.1, 0.15) is 7.05 Å². The lowest BCUT2D eigenvalue weighted by Crippen LogP contribution is -2.45. The van der Waals surface area contributed by atoms with Crippen molar-refractivity contribution < 1.29 is 4.57 Å². The first-order valence-electron chi connectivity index (χ1n) is 14.5. The van der Waals surface area contributed by atoms with Gasteiger partial charge >= 0.3 is 0 Å². The Morgan fingerprint density at radius 1 is 0.744 bits per heavy atom. The smallest absolute Gasteiger partial charge is 0.224 e. The molecule has 2 nitrogen and oxygen atoms in total. The Labute approximate surface area is 231 Å². The average molecular weight is 526 g/mol. The van der Waals surface area contributed by atoms with Crippen molar-refractivity contribution in [3.8, 4) is 11.1 Å². The topological polar surface area (TPSA) is 8.29 Å². The molecule has 0 aliphatic carbocycles. The van der Waals surface area contributed by atoms with Gasteiger partial charge in [-0.3, -0.25) is 0 Å². The van der Waals surface area contributed by atoms with Gasteiger partial charge in [-0.05, 0) is 48.1 Å². The first-order chi connectivity index (χ1) is 18.9. The fraction of sp³-hybridized carbons (Fsp3) is 0.250. The van der Waals surface area contributed by atoms with Crippen LogP contribution in [0, 0.1) is 13.8 Å². The normalized spacial score (nSPS) is 12.7. The number of fused-ring (bicyclic) bond motifs is 5. The van der Waals surface area contributed by atoms with Gasteiger partial charge in [0, 0.05) is 22.4 Å². The van der Waals surface area contributed by atoms with E-state index in [9.17, 15) is 0 Å². The summed E-state index contributed by atoms with van der Waals surface area (Å²) >= 11 is 0. The summed E-state index contributed by atoms with van der Waals surface area (Å²) in [6.07, 6.45) is 2.28. The van der Waals surface area contributed by atoms with E-state index in [1.54, 1.807) is 5.19 Å². The van der Waals surface area contributed by atoms with Crippen LogP contribution in [-0.2, 0) is 7.05 Å². The molecule has 0 radical (unpaired) electrons. The highest BCUT2D eigenvalue weighted by Gasteiger charge is 2.32. The Morgan fingerprint density at radius 3 is 2.21 bits per heavy atom. The van der Waals surface area contributed by atoms with Crippen molar-refractivity contribution in [1.82, 2.24) is 4.40 Å². The zero-order valence-electron chi connectivity index (χ0n) is 24.0. The lowest BCUT2D eigenvalue weighted by atomic mass is 9.96. The van der Waals surface area contributed by atoms with Gasteiger partial charge in [0.05, 0.1) is 35.4 Å². The molecule has 0 saturated carbocycles. The number of pyridine rings is 2. The molecule has 0 N–H and O–H groups in total. The number of hydrogen-bond acceptors (Lipinski definition) is 0. The molecule has 3 heterocycles. The van der Waals surface area contributed by atoms with E-state index < -0.39 is 8.07 Å². The van der Waals surface area contributed by atoms with Crippen LogP contribution in [0.25, 0.3) is 60.1 Å². The number of hydrogen-bond donors (Lipinski definition) is 0. The van der Waals surface area contributed by atoms with E-state index >= 15 is 0 Å². The molecular formula is C36H37N2Si+. The minimum atomic E-state index is -1.60. The Kier molecular flexibility index (Phi) is 5.41. The number of aromatic nitrogens is 2. The maximum absolute atomic E-state index is 2.65. The van der Waals surface area contributed by atoms with Crippen LogP contribution in [0.3, 0.4) is 0 Å². The summed E-state index contributed by atoms with van der Waals surface area (Å²) in [7, 11) is 0.615. The quantitative estimate of drug-likeness (QED) is 0.0918. The van der Waals surface area contributed by atoms with E-state index in [1.807, 2.05) is 0 Å². The molecule has 7 aromatic rings. The minimum absolute atomic E-state index is 1.27. The van der Waals surface area contributed by atoms with Gasteiger partial charge < -0.3 is 4.40 Å². The SMILES string of the molecule is CC[Si](CC)(CC)c1cc2cc[n+](C)c3c4c(C)c(C)cc5c6cccc(-c7ccccc7)c6n(c(c1)c23)c54. The third-order valence-corrected chi connectivity index (χ3v) is 15.6. The number of para-hydroxylation sites is 1. The summed E-state index contributed by atoms with van der Waals surface area (Å²) < 4.78 is 5.00. The second kappa shape index (κ2) is 8.66. The molecule has 0 bridgehead atoms. The molecule has 0 atom stereocenters. The van der Waals surface area contributed by atoms with Crippen molar-refractivity contribution >= 4 is 62.3 Å². The summed E-state index contributed by atoms with van der Waals surface area (Å²) in [6.45, 7) is 11.8. The van der Waals surface area contributed by atoms with E-state index in [0.29, 0.717) is 0 Å². The Hall–Kier alpha value is -3.69. The molecule has 4 aromatic carbocycles. The number of benzene rings is 4. The van der Waals surface area contributed by atoms with Gasteiger partial charge in [0.25, 0.3) is 0 Å². The summed E-state index contributed by atoms with van der Waals surface area (Å²) in [5.41, 5.74) is 10.7. The first kappa shape index (κ1) is 24.4. The molecule has 0 aliphatic heterocycles. The fourth-order valence-corrected chi connectivity index (χ4v) is 11.1. The number of nitrogens with zero attached hydrogens (tertiary/aromatic N) is 2. The Morgan fingerprint density at radius 2 is 1.49 bits per heavy atom. The molecule has 3 heteroatoms. The van der Waals surface area contributed by atoms with Crippen molar-refractivity contribution in [2.24, 2.45) is 7.05 Å². The van der Waals surface area contributed by atoms with Crippen LogP contribution in [0.5, 0.6) is 0 Å². The maximum atomic E-state index is 2.65. The van der Waals surface area contributed by atoms with Gasteiger partial charge in [-0.15, -0.1) is 0 Å². The van der Waals surface area contributed by atoms with Crippen molar-refractivity contribution in [3.05, 3.63) is 90.1 Å². The standard InChI is InChI=1S/C36H37N2Si/c1-7-39(8-2,9-3)27-21-26-18-19-37(6)36-32-24(5)23(4)20-30-29-17-13-16-28(25-14-11-10-12-15-25)34(29)38(35(30)32)31(22-27)33(26)36/h10-22H,7-9H2,1-6H3/q+1. The highest BCUT2D eigenvalue weighted by atomic mass is 28.3. The van der Waals surface area contributed by atoms with Crippen molar-refractivity contribution in [2.45, 2.75) is 52.8 Å². The average Bonchev–Trinajstić information content (AvgIpc) is 3.30.